The molecule has 17 heavy (non-hydrogen) atoms. The van der Waals surface area contributed by atoms with Gasteiger partial charge in [-0.2, -0.15) is 0 Å². The van der Waals surface area contributed by atoms with Gasteiger partial charge in [0, 0.05) is 18.7 Å². The Morgan fingerprint density at radius 3 is 2.94 bits per heavy atom. The van der Waals surface area contributed by atoms with Gasteiger partial charge in [-0.15, -0.1) is 0 Å². The van der Waals surface area contributed by atoms with Gasteiger partial charge < -0.3 is 10.0 Å². The average molecular weight is 258 g/mol. The van der Waals surface area contributed by atoms with Crippen molar-refractivity contribution in [3.8, 4) is 0 Å². The Morgan fingerprint density at radius 2 is 2.29 bits per heavy atom. The third-order valence-electron chi connectivity index (χ3n) is 2.85. The van der Waals surface area contributed by atoms with E-state index in [4.69, 9.17) is 11.6 Å². The Labute approximate surface area is 104 Å². The zero-order valence-corrected chi connectivity index (χ0v) is 9.95. The van der Waals surface area contributed by atoms with Gasteiger partial charge in [-0.05, 0) is 31.0 Å². The van der Waals surface area contributed by atoms with Gasteiger partial charge in [0.15, 0.2) is 0 Å². The molecular formula is C12H13ClFNO2. The number of halogens is 2. The molecule has 5 heteroatoms. The van der Waals surface area contributed by atoms with E-state index < -0.39 is 11.9 Å². The van der Waals surface area contributed by atoms with Crippen LogP contribution in [-0.2, 0) is 0 Å². The van der Waals surface area contributed by atoms with Crippen LogP contribution in [0.4, 0.5) is 4.39 Å². The molecule has 1 fully saturated rings. The van der Waals surface area contributed by atoms with Crippen LogP contribution in [0.1, 0.15) is 23.2 Å². The van der Waals surface area contributed by atoms with Crippen LogP contribution < -0.4 is 0 Å². The summed E-state index contributed by atoms with van der Waals surface area (Å²) in [6.45, 7) is 0.906. The number of aliphatic hydroxyl groups is 1. The highest BCUT2D eigenvalue weighted by molar-refractivity contribution is 6.30. The summed E-state index contributed by atoms with van der Waals surface area (Å²) in [5.41, 5.74) is 0.265. The van der Waals surface area contributed by atoms with E-state index in [1.54, 1.807) is 0 Å². The van der Waals surface area contributed by atoms with Gasteiger partial charge in [0.2, 0.25) is 0 Å². The number of hydrogen-bond donors (Lipinski definition) is 1. The molecule has 0 aromatic heterocycles. The third kappa shape index (κ3) is 2.76. The number of likely N-dealkylation sites (tertiary alicyclic amines) is 1. The molecule has 1 aliphatic rings. The summed E-state index contributed by atoms with van der Waals surface area (Å²) in [5.74, 6) is -0.866. The molecule has 1 aromatic rings. The Morgan fingerprint density at radius 1 is 1.53 bits per heavy atom. The molecule has 0 spiro atoms. The van der Waals surface area contributed by atoms with Crippen molar-refractivity contribution in [3.05, 3.63) is 34.6 Å². The molecular weight excluding hydrogens is 245 g/mol. The second kappa shape index (κ2) is 5.02. The second-order valence-corrected chi connectivity index (χ2v) is 4.58. The molecule has 1 atom stereocenters. The minimum atomic E-state index is -0.602. The number of carbonyl (C=O) groups is 1. The quantitative estimate of drug-likeness (QED) is 0.837. The Balaban J connectivity index is 2.15. The van der Waals surface area contributed by atoms with E-state index >= 15 is 0 Å². The predicted molar refractivity (Wildman–Crippen MR) is 62.6 cm³/mol. The van der Waals surface area contributed by atoms with Crippen molar-refractivity contribution >= 4 is 17.5 Å². The fraction of sp³-hybridized carbons (Fsp3) is 0.417. The fourth-order valence-electron chi connectivity index (χ4n) is 1.95. The molecule has 2 rings (SSSR count). The standard InChI is InChI=1S/C12H13ClFNO2/c13-10-4-3-8(6-11(10)14)12(17)15-5-1-2-9(16)7-15/h3-4,6,9,16H,1-2,5,7H2. The summed E-state index contributed by atoms with van der Waals surface area (Å²) in [6, 6.07) is 3.99. The summed E-state index contributed by atoms with van der Waals surface area (Å²) >= 11 is 5.55. The molecule has 1 N–H and O–H groups in total. The maximum absolute atomic E-state index is 13.2. The smallest absolute Gasteiger partial charge is 0.254 e. The summed E-state index contributed by atoms with van der Waals surface area (Å²) in [6.07, 6.45) is 0.992. The number of carbonyl (C=O) groups excluding carboxylic acids is 1. The molecule has 1 aliphatic heterocycles. The second-order valence-electron chi connectivity index (χ2n) is 4.18. The van der Waals surface area contributed by atoms with Crippen LogP contribution in [0.25, 0.3) is 0 Å². The van der Waals surface area contributed by atoms with Crippen LogP contribution in [0.3, 0.4) is 0 Å². The number of hydrogen-bond acceptors (Lipinski definition) is 2. The topological polar surface area (TPSA) is 40.5 Å². The van der Waals surface area contributed by atoms with Crippen molar-refractivity contribution in [3.63, 3.8) is 0 Å². The van der Waals surface area contributed by atoms with Crippen molar-refractivity contribution < 1.29 is 14.3 Å². The number of aliphatic hydroxyl groups excluding tert-OH is 1. The highest BCUT2D eigenvalue weighted by atomic mass is 35.5. The first kappa shape index (κ1) is 12.3. The zero-order chi connectivity index (χ0) is 12.4. The maximum Gasteiger partial charge on any atom is 0.254 e. The molecule has 1 saturated heterocycles. The van der Waals surface area contributed by atoms with Crippen molar-refractivity contribution in [2.45, 2.75) is 18.9 Å². The first-order valence-electron chi connectivity index (χ1n) is 5.50. The Hall–Kier alpha value is -1.13. The van der Waals surface area contributed by atoms with Gasteiger partial charge >= 0.3 is 0 Å². The number of piperidine rings is 1. The lowest BCUT2D eigenvalue weighted by Gasteiger charge is -2.30. The molecule has 1 unspecified atom stereocenters. The maximum atomic E-state index is 13.2. The summed E-state index contributed by atoms with van der Waals surface area (Å²) < 4.78 is 13.2. The first-order valence-corrected chi connectivity index (χ1v) is 5.88. The predicted octanol–water partition coefficient (Wildman–Crippen LogP) is 2.08. The van der Waals surface area contributed by atoms with Crippen LogP contribution in [0.5, 0.6) is 0 Å². The summed E-state index contributed by atoms with van der Waals surface area (Å²) in [7, 11) is 0. The van der Waals surface area contributed by atoms with Crippen LogP contribution in [0.2, 0.25) is 5.02 Å². The minimum Gasteiger partial charge on any atom is -0.391 e. The van der Waals surface area contributed by atoms with E-state index in [9.17, 15) is 14.3 Å². The van der Waals surface area contributed by atoms with E-state index in [2.05, 4.69) is 0 Å². The third-order valence-corrected chi connectivity index (χ3v) is 3.16. The largest absolute Gasteiger partial charge is 0.391 e. The van der Waals surface area contributed by atoms with Crippen molar-refractivity contribution in [2.24, 2.45) is 0 Å². The number of rotatable bonds is 1. The van der Waals surface area contributed by atoms with E-state index in [0.717, 1.165) is 12.5 Å². The summed E-state index contributed by atoms with van der Waals surface area (Å²) in [4.78, 5) is 13.6. The van der Waals surface area contributed by atoms with Gasteiger partial charge in [-0.25, -0.2) is 4.39 Å². The zero-order valence-electron chi connectivity index (χ0n) is 9.20. The van der Waals surface area contributed by atoms with Gasteiger partial charge in [0.25, 0.3) is 5.91 Å². The fourth-order valence-corrected chi connectivity index (χ4v) is 2.07. The van der Waals surface area contributed by atoms with E-state index in [-0.39, 0.29) is 16.5 Å². The lowest BCUT2D eigenvalue weighted by Crippen LogP contribution is -2.42. The molecule has 3 nitrogen and oxygen atoms in total. The monoisotopic (exact) mass is 257 g/mol. The molecule has 0 bridgehead atoms. The Kier molecular flexibility index (Phi) is 3.64. The van der Waals surface area contributed by atoms with Crippen LogP contribution in [0.15, 0.2) is 18.2 Å². The first-order chi connectivity index (χ1) is 8.08. The molecule has 1 aromatic carbocycles. The molecule has 1 amide bonds. The molecule has 0 aliphatic carbocycles. The van der Waals surface area contributed by atoms with Crippen LogP contribution in [-0.4, -0.2) is 35.1 Å². The highest BCUT2D eigenvalue weighted by Gasteiger charge is 2.23. The summed E-state index contributed by atoms with van der Waals surface area (Å²) in [5, 5.41) is 9.49. The number of amides is 1. The van der Waals surface area contributed by atoms with Crippen LogP contribution in [0, 0.1) is 5.82 Å². The van der Waals surface area contributed by atoms with E-state index in [0.29, 0.717) is 19.5 Å². The lowest BCUT2D eigenvalue weighted by atomic mass is 10.1. The molecule has 0 radical (unpaired) electrons. The molecule has 92 valence electrons. The number of nitrogens with zero attached hydrogens (tertiary/aromatic N) is 1. The number of benzene rings is 1. The van der Waals surface area contributed by atoms with Gasteiger partial charge in [-0.1, -0.05) is 11.6 Å². The van der Waals surface area contributed by atoms with Crippen LogP contribution >= 0.6 is 11.6 Å². The Bertz CT molecular complexity index is 439. The van der Waals surface area contributed by atoms with Gasteiger partial charge in [-0.3, -0.25) is 4.79 Å². The number of β-amino-alcohol motifs (C(OH)–C–C–N with tert-alkyl or cyclic N) is 1. The van der Waals surface area contributed by atoms with Crippen molar-refractivity contribution in [2.75, 3.05) is 13.1 Å². The normalized spacial score (nSPS) is 20.4. The molecule has 1 heterocycles. The van der Waals surface area contributed by atoms with E-state index in [1.807, 2.05) is 0 Å². The van der Waals surface area contributed by atoms with Gasteiger partial charge in [0.05, 0.1) is 11.1 Å². The SMILES string of the molecule is O=C(c1ccc(Cl)c(F)c1)N1CCCC(O)C1. The van der Waals surface area contributed by atoms with Gasteiger partial charge in [0.1, 0.15) is 5.82 Å². The van der Waals surface area contributed by atoms with E-state index in [1.165, 1.54) is 17.0 Å². The lowest BCUT2D eigenvalue weighted by molar-refractivity contribution is 0.0473. The van der Waals surface area contributed by atoms with Crippen molar-refractivity contribution in [1.82, 2.24) is 4.90 Å². The average Bonchev–Trinajstić information content (AvgIpc) is 2.32. The highest BCUT2D eigenvalue weighted by Crippen LogP contribution is 2.18. The molecule has 0 saturated carbocycles. The van der Waals surface area contributed by atoms with Crippen molar-refractivity contribution in [1.29, 1.82) is 0 Å². The minimum absolute atomic E-state index is 0.000212.